The lowest BCUT2D eigenvalue weighted by molar-refractivity contribution is 1.27. The summed E-state index contributed by atoms with van der Waals surface area (Å²) in [4.78, 5) is 0. The molecular formula is C15H10IN3S. The molecule has 0 bridgehead atoms. The molecule has 0 aliphatic heterocycles. The molecule has 2 aromatic carbocycles. The van der Waals surface area contributed by atoms with Crippen LogP contribution in [-0.2, 0) is 0 Å². The summed E-state index contributed by atoms with van der Waals surface area (Å²) in [5.41, 5.74) is 3.33. The minimum Gasteiger partial charge on any atom is -0.212 e. The van der Waals surface area contributed by atoms with Crippen molar-refractivity contribution in [2.24, 2.45) is 13.4 Å². The molecule has 0 aromatic heterocycles. The zero-order chi connectivity index (χ0) is 14.2. The number of isothiocyanates is 1. The van der Waals surface area contributed by atoms with Crippen molar-refractivity contribution in [2.45, 2.75) is 0 Å². The summed E-state index contributed by atoms with van der Waals surface area (Å²) in [7, 11) is 0. The molecule has 0 heterocycles. The van der Waals surface area contributed by atoms with Crippen LogP contribution in [0, 0.1) is 0 Å². The largest absolute Gasteiger partial charge is 0.212 e. The molecule has 3 nitrogen and oxygen atoms in total. The van der Waals surface area contributed by atoms with Crippen molar-refractivity contribution in [3.8, 4) is 0 Å². The van der Waals surface area contributed by atoms with E-state index < -0.39 is 0 Å². The lowest BCUT2D eigenvalue weighted by atomic mass is 10.0. The molecule has 0 radical (unpaired) electrons. The van der Waals surface area contributed by atoms with Crippen molar-refractivity contribution in [3.05, 3.63) is 71.8 Å². The zero-order valence-electron chi connectivity index (χ0n) is 10.4. The molecule has 5 heteroatoms. The average molecular weight is 391 g/mol. The Morgan fingerprint density at radius 3 is 1.80 bits per heavy atom. The molecule has 0 aliphatic carbocycles. The van der Waals surface area contributed by atoms with Gasteiger partial charge in [-0.15, -0.1) is 5.10 Å². The summed E-state index contributed by atoms with van der Waals surface area (Å²) in [5, 5.41) is 10.1. The van der Waals surface area contributed by atoms with Crippen LogP contribution in [0.25, 0.3) is 0 Å². The van der Waals surface area contributed by atoms with E-state index in [2.05, 4.69) is 30.8 Å². The Morgan fingerprint density at radius 2 is 1.35 bits per heavy atom. The van der Waals surface area contributed by atoms with Gasteiger partial charge in [0.1, 0.15) is 11.4 Å². The van der Waals surface area contributed by atoms with Gasteiger partial charge in [-0.1, -0.05) is 65.8 Å². The van der Waals surface area contributed by atoms with Crippen molar-refractivity contribution in [3.63, 3.8) is 0 Å². The molecule has 0 saturated heterocycles. The first-order valence-electron chi connectivity index (χ1n) is 5.82. The van der Waals surface area contributed by atoms with Gasteiger partial charge in [0.05, 0.1) is 28.0 Å². The summed E-state index contributed by atoms with van der Waals surface area (Å²) in [6.07, 6.45) is 0. The maximum absolute atomic E-state index is 4.59. The second-order valence-corrected chi connectivity index (χ2v) is 4.47. The molecule has 0 atom stereocenters. The van der Waals surface area contributed by atoms with Crippen molar-refractivity contribution < 1.29 is 0 Å². The van der Waals surface area contributed by atoms with Gasteiger partial charge in [-0.2, -0.15) is 0 Å². The number of hydrogen-bond donors (Lipinski definition) is 0. The fraction of sp³-hybridized carbons (Fsp3) is 0. The number of halogens is 1. The smallest absolute Gasteiger partial charge is 0.120 e. The highest BCUT2D eigenvalue weighted by atomic mass is 127. The van der Waals surface area contributed by atoms with Gasteiger partial charge in [0.15, 0.2) is 0 Å². The summed E-state index contributed by atoms with van der Waals surface area (Å²) in [5.74, 6) is 0. The van der Waals surface area contributed by atoms with Crippen molar-refractivity contribution in [1.29, 1.82) is 0 Å². The van der Waals surface area contributed by atoms with E-state index >= 15 is 0 Å². The second kappa shape index (κ2) is 7.79. The summed E-state index contributed by atoms with van der Waals surface area (Å²) >= 11 is 6.56. The van der Waals surface area contributed by atoms with Gasteiger partial charge >= 0.3 is 0 Å². The van der Waals surface area contributed by atoms with Gasteiger partial charge in [0, 0.05) is 11.1 Å². The van der Waals surface area contributed by atoms with Crippen molar-refractivity contribution >= 4 is 51.7 Å². The van der Waals surface area contributed by atoms with E-state index in [1.54, 1.807) is 0 Å². The third-order valence-electron chi connectivity index (χ3n) is 2.59. The van der Waals surface area contributed by atoms with Crippen molar-refractivity contribution in [1.82, 2.24) is 0 Å². The topological polar surface area (TPSA) is 37.1 Å². The number of hydrogen-bond acceptors (Lipinski definition) is 4. The molecule has 2 aromatic rings. The van der Waals surface area contributed by atoms with Crippen LogP contribution in [-0.4, -0.2) is 16.6 Å². The SMILES string of the molecule is S=C=N/N=C(/C(=N/I)c1ccccc1)c1ccccc1. The first kappa shape index (κ1) is 14.7. The van der Waals surface area contributed by atoms with Gasteiger partial charge in [0.2, 0.25) is 0 Å². The molecule has 20 heavy (non-hydrogen) atoms. The van der Waals surface area contributed by atoms with Gasteiger partial charge in [0.25, 0.3) is 0 Å². The lowest BCUT2D eigenvalue weighted by Crippen LogP contribution is -2.16. The number of thiocarbonyl (C=S) groups is 1. The Bertz CT molecular complexity index is 675. The fourth-order valence-electron chi connectivity index (χ4n) is 1.73. The third-order valence-corrected chi connectivity index (χ3v) is 3.16. The molecule has 98 valence electrons. The van der Waals surface area contributed by atoms with Gasteiger partial charge in [-0.3, -0.25) is 0 Å². The molecule has 0 aliphatic rings. The van der Waals surface area contributed by atoms with E-state index in [9.17, 15) is 0 Å². The van der Waals surface area contributed by atoms with E-state index in [-0.39, 0.29) is 0 Å². The van der Waals surface area contributed by atoms with Crippen molar-refractivity contribution in [2.75, 3.05) is 0 Å². The number of benzene rings is 2. The van der Waals surface area contributed by atoms with Gasteiger partial charge < -0.3 is 0 Å². The van der Waals surface area contributed by atoms with E-state index in [0.29, 0.717) is 5.71 Å². The zero-order valence-corrected chi connectivity index (χ0v) is 13.4. The minimum atomic E-state index is 0.670. The highest BCUT2D eigenvalue weighted by Crippen LogP contribution is 2.12. The summed E-state index contributed by atoms with van der Waals surface area (Å²) in [6.45, 7) is 0. The Labute approximate surface area is 136 Å². The quantitative estimate of drug-likeness (QED) is 0.331. The van der Waals surface area contributed by atoms with E-state index in [1.807, 2.05) is 83.5 Å². The highest BCUT2D eigenvalue weighted by Gasteiger charge is 2.13. The maximum atomic E-state index is 4.59. The van der Waals surface area contributed by atoms with Crippen LogP contribution < -0.4 is 0 Å². The predicted octanol–water partition coefficient (Wildman–Crippen LogP) is 4.33. The van der Waals surface area contributed by atoms with Gasteiger partial charge in [-0.25, -0.2) is 3.21 Å². The fourth-order valence-corrected chi connectivity index (χ4v) is 2.28. The molecule has 2 rings (SSSR count). The predicted molar refractivity (Wildman–Crippen MR) is 95.0 cm³/mol. The molecule has 0 fully saturated rings. The van der Waals surface area contributed by atoms with Crippen LogP contribution in [0.15, 0.2) is 74.1 Å². The average Bonchev–Trinajstić information content (AvgIpc) is 2.53. The van der Waals surface area contributed by atoms with Gasteiger partial charge in [-0.05, 0) is 12.2 Å². The van der Waals surface area contributed by atoms with Crippen LogP contribution in [0.4, 0.5) is 0 Å². The standard InChI is InChI=1S/C15H10IN3S/c16-18-14(12-7-3-1-4-8-12)15(19-17-11-20)13-9-5-2-6-10-13/h1-10H/b18-14+,19-15+. The van der Waals surface area contributed by atoms with E-state index in [4.69, 9.17) is 0 Å². The first-order chi connectivity index (χ1) is 9.86. The van der Waals surface area contributed by atoms with Crippen LogP contribution in [0.1, 0.15) is 11.1 Å². The van der Waals surface area contributed by atoms with Crippen LogP contribution in [0.3, 0.4) is 0 Å². The first-order valence-corrected chi connectivity index (χ1v) is 7.19. The lowest BCUT2D eigenvalue weighted by Gasteiger charge is -2.08. The minimum absolute atomic E-state index is 0.670. The monoisotopic (exact) mass is 391 g/mol. The number of nitrogens with zero attached hydrogens (tertiary/aromatic N) is 3. The molecule has 0 spiro atoms. The molecular weight excluding hydrogens is 381 g/mol. The molecule has 0 unspecified atom stereocenters. The Balaban J connectivity index is 2.55. The number of rotatable bonds is 4. The second-order valence-electron chi connectivity index (χ2n) is 3.81. The van der Waals surface area contributed by atoms with Crippen LogP contribution in [0.2, 0.25) is 0 Å². The van der Waals surface area contributed by atoms with E-state index in [1.165, 1.54) is 0 Å². The summed E-state index contributed by atoms with van der Waals surface area (Å²) in [6, 6.07) is 19.6. The van der Waals surface area contributed by atoms with Crippen LogP contribution >= 0.6 is 35.1 Å². The molecule has 0 N–H and O–H groups in total. The van der Waals surface area contributed by atoms with Crippen LogP contribution in [0.5, 0.6) is 0 Å². The highest BCUT2D eigenvalue weighted by molar-refractivity contribution is 14.1. The normalized spacial score (nSPS) is 11.8. The Morgan fingerprint density at radius 1 is 0.850 bits per heavy atom. The van der Waals surface area contributed by atoms with E-state index in [0.717, 1.165) is 16.8 Å². The third kappa shape index (κ3) is 3.66. The maximum Gasteiger partial charge on any atom is 0.120 e. The Kier molecular flexibility index (Phi) is 5.73. The summed E-state index contributed by atoms with van der Waals surface area (Å²) < 4.78 is 4.32. The molecule has 0 amide bonds. The Hall–Kier alpha value is -1.69. The molecule has 0 saturated carbocycles.